The first-order chi connectivity index (χ1) is 9.55. The molecule has 0 saturated carbocycles. The molecule has 0 aromatic heterocycles. The standard InChI is InChI=1S/C13H13N3O4/c1-19-10-4-3-7(5-11(10)20-2)9(17)6-8-12(18)16-13(14)15-8/h3-6H,1-2H3,(H3,14,15,16,18). The molecule has 0 unspecified atom stereocenters. The third-order valence-corrected chi connectivity index (χ3v) is 2.65. The van der Waals surface area contributed by atoms with Crippen molar-refractivity contribution < 1.29 is 19.1 Å². The second kappa shape index (κ2) is 5.43. The minimum absolute atomic E-state index is 0.0257. The van der Waals surface area contributed by atoms with Crippen molar-refractivity contribution in [1.29, 1.82) is 0 Å². The van der Waals surface area contributed by atoms with Gasteiger partial charge in [-0.05, 0) is 18.2 Å². The van der Waals surface area contributed by atoms with E-state index in [2.05, 4.69) is 10.3 Å². The lowest BCUT2D eigenvalue weighted by atomic mass is 10.1. The van der Waals surface area contributed by atoms with Crippen LogP contribution >= 0.6 is 0 Å². The maximum Gasteiger partial charge on any atom is 0.276 e. The Bertz CT molecular complexity index is 635. The van der Waals surface area contributed by atoms with E-state index in [1.54, 1.807) is 12.1 Å². The van der Waals surface area contributed by atoms with E-state index >= 15 is 0 Å². The Balaban J connectivity index is 2.30. The molecule has 1 aliphatic rings. The summed E-state index contributed by atoms with van der Waals surface area (Å²) >= 11 is 0. The maximum absolute atomic E-state index is 12.1. The van der Waals surface area contributed by atoms with E-state index in [-0.39, 0.29) is 17.4 Å². The zero-order valence-electron chi connectivity index (χ0n) is 11.0. The molecule has 0 saturated heterocycles. The molecule has 0 aliphatic carbocycles. The lowest BCUT2D eigenvalue weighted by molar-refractivity contribution is -0.115. The van der Waals surface area contributed by atoms with Gasteiger partial charge < -0.3 is 15.2 Å². The average molecular weight is 275 g/mol. The smallest absolute Gasteiger partial charge is 0.276 e. The number of amides is 1. The molecule has 3 N–H and O–H groups in total. The van der Waals surface area contributed by atoms with E-state index in [1.165, 1.54) is 20.3 Å². The number of ketones is 1. The Morgan fingerprint density at radius 1 is 1.30 bits per heavy atom. The fourth-order valence-electron chi connectivity index (χ4n) is 1.68. The van der Waals surface area contributed by atoms with Crippen LogP contribution in [0.1, 0.15) is 10.4 Å². The van der Waals surface area contributed by atoms with E-state index in [4.69, 9.17) is 15.2 Å². The topological polar surface area (TPSA) is 103 Å². The van der Waals surface area contributed by atoms with Gasteiger partial charge in [-0.1, -0.05) is 0 Å². The molecule has 104 valence electrons. The van der Waals surface area contributed by atoms with Gasteiger partial charge in [0.25, 0.3) is 5.91 Å². The number of nitrogens with zero attached hydrogens (tertiary/aromatic N) is 1. The molecule has 0 radical (unpaired) electrons. The van der Waals surface area contributed by atoms with E-state index in [1.807, 2.05) is 0 Å². The van der Waals surface area contributed by atoms with Crippen molar-refractivity contribution in [3.05, 3.63) is 35.5 Å². The number of ether oxygens (including phenoxy) is 2. The number of carbonyl (C=O) groups excluding carboxylic acids is 2. The van der Waals surface area contributed by atoms with Gasteiger partial charge in [0.1, 0.15) is 5.70 Å². The number of nitrogens with two attached hydrogens (primary N) is 1. The number of benzene rings is 1. The van der Waals surface area contributed by atoms with Crippen LogP contribution in [0.15, 0.2) is 35.0 Å². The van der Waals surface area contributed by atoms with Crippen LogP contribution in [0, 0.1) is 0 Å². The minimum atomic E-state index is -0.503. The quantitative estimate of drug-likeness (QED) is 0.604. The zero-order valence-corrected chi connectivity index (χ0v) is 11.0. The third-order valence-electron chi connectivity index (χ3n) is 2.65. The molecule has 0 fully saturated rings. The second-order valence-electron chi connectivity index (χ2n) is 3.91. The Morgan fingerprint density at radius 3 is 2.55 bits per heavy atom. The summed E-state index contributed by atoms with van der Waals surface area (Å²) in [6.07, 6.45) is 1.12. The van der Waals surface area contributed by atoms with E-state index in [0.717, 1.165) is 6.08 Å². The first kappa shape index (κ1) is 13.6. The molecule has 1 amide bonds. The first-order valence-corrected chi connectivity index (χ1v) is 5.68. The van der Waals surface area contributed by atoms with E-state index in [0.29, 0.717) is 17.1 Å². The molecule has 1 heterocycles. The first-order valence-electron chi connectivity index (χ1n) is 5.68. The molecule has 1 aromatic rings. The van der Waals surface area contributed by atoms with Crippen LogP contribution in [0.5, 0.6) is 11.5 Å². The summed E-state index contributed by atoms with van der Waals surface area (Å²) < 4.78 is 10.2. The van der Waals surface area contributed by atoms with Crippen LogP contribution in [0.3, 0.4) is 0 Å². The fraction of sp³-hybridized carbons (Fsp3) is 0.154. The van der Waals surface area contributed by atoms with Crippen LogP contribution in [0.2, 0.25) is 0 Å². The summed E-state index contributed by atoms with van der Waals surface area (Å²) in [4.78, 5) is 27.2. The number of allylic oxidation sites excluding steroid dienone is 1. The summed E-state index contributed by atoms with van der Waals surface area (Å²) in [5.41, 5.74) is 5.67. The highest BCUT2D eigenvalue weighted by Gasteiger charge is 2.19. The van der Waals surface area contributed by atoms with Gasteiger partial charge in [0.15, 0.2) is 17.3 Å². The van der Waals surface area contributed by atoms with Crippen molar-refractivity contribution in [2.24, 2.45) is 10.7 Å². The van der Waals surface area contributed by atoms with Crippen LogP contribution in [-0.2, 0) is 4.79 Å². The number of hydrogen-bond acceptors (Lipinski definition) is 6. The molecular weight excluding hydrogens is 262 g/mol. The van der Waals surface area contributed by atoms with Gasteiger partial charge in [0.05, 0.1) is 14.2 Å². The highest BCUT2D eigenvalue weighted by molar-refractivity contribution is 6.16. The fourth-order valence-corrected chi connectivity index (χ4v) is 1.68. The molecule has 0 atom stereocenters. The number of guanidine groups is 1. The number of methoxy groups -OCH3 is 2. The van der Waals surface area contributed by atoms with Gasteiger partial charge in [-0.2, -0.15) is 0 Å². The van der Waals surface area contributed by atoms with Crippen LogP contribution in [0.25, 0.3) is 0 Å². The monoisotopic (exact) mass is 275 g/mol. The predicted octanol–water partition coefficient (Wildman–Crippen LogP) is 0.215. The Kier molecular flexibility index (Phi) is 3.69. The lowest BCUT2D eigenvalue weighted by Gasteiger charge is -2.08. The summed E-state index contributed by atoms with van der Waals surface area (Å²) in [6, 6.07) is 4.70. The van der Waals surface area contributed by atoms with Gasteiger partial charge in [-0.25, -0.2) is 4.99 Å². The Hall–Kier alpha value is -2.83. The lowest BCUT2D eigenvalue weighted by Crippen LogP contribution is -2.30. The van der Waals surface area contributed by atoms with Crippen molar-refractivity contribution in [2.45, 2.75) is 0 Å². The zero-order chi connectivity index (χ0) is 14.7. The second-order valence-corrected chi connectivity index (χ2v) is 3.91. The van der Waals surface area contributed by atoms with Crippen LogP contribution in [-0.4, -0.2) is 31.9 Å². The van der Waals surface area contributed by atoms with Gasteiger partial charge in [0.2, 0.25) is 5.96 Å². The number of hydrogen-bond donors (Lipinski definition) is 2. The molecule has 1 aromatic carbocycles. The molecular formula is C13H13N3O4. The summed E-state index contributed by atoms with van der Waals surface area (Å²) in [5, 5.41) is 2.29. The summed E-state index contributed by atoms with van der Waals surface area (Å²) in [7, 11) is 2.97. The Morgan fingerprint density at radius 2 is 2.00 bits per heavy atom. The molecule has 20 heavy (non-hydrogen) atoms. The van der Waals surface area contributed by atoms with Gasteiger partial charge in [-0.15, -0.1) is 0 Å². The third kappa shape index (κ3) is 2.61. The molecule has 0 spiro atoms. The highest BCUT2D eigenvalue weighted by Crippen LogP contribution is 2.27. The molecule has 0 bridgehead atoms. The molecule has 7 nitrogen and oxygen atoms in total. The minimum Gasteiger partial charge on any atom is -0.493 e. The normalized spacial score (nSPS) is 15.8. The number of rotatable bonds is 4. The van der Waals surface area contributed by atoms with Crippen molar-refractivity contribution in [1.82, 2.24) is 5.32 Å². The predicted molar refractivity (Wildman–Crippen MR) is 71.7 cm³/mol. The van der Waals surface area contributed by atoms with E-state index in [9.17, 15) is 9.59 Å². The Labute approximate surface area is 115 Å². The molecule has 1 aliphatic heterocycles. The summed E-state index contributed by atoms with van der Waals surface area (Å²) in [6.45, 7) is 0. The van der Waals surface area contributed by atoms with Gasteiger partial charge in [-0.3, -0.25) is 14.9 Å². The highest BCUT2D eigenvalue weighted by atomic mass is 16.5. The van der Waals surface area contributed by atoms with Crippen LogP contribution in [0.4, 0.5) is 0 Å². The van der Waals surface area contributed by atoms with Crippen molar-refractivity contribution in [3.8, 4) is 11.5 Å². The van der Waals surface area contributed by atoms with Crippen molar-refractivity contribution in [2.75, 3.05) is 14.2 Å². The number of carbonyl (C=O) groups is 2. The molecule has 7 heteroatoms. The maximum atomic E-state index is 12.1. The summed E-state index contributed by atoms with van der Waals surface area (Å²) in [5.74, 6) is 0.0282. The van der Waals surface area contributed by atoms with Crippen molar-refractivity contribution >= 4 is 17.6 Å². The van der Waals surface area contributed by atoms with Gasteiger partial charge in [0, 0.05) is 11.6 Å². The van der Waals surface area contributed by atoms with Crippen LogP contribution < -0.4 is 20.5 Å². The van der Waals surface area contributed by atoms with Gasteiger partial charge >= 0.3 is 0 Å². The average Bonchev–Trinajstić information content (AvgIpc) is 2.75. The SMILES string of the molecule is COc1ccc(C(=O)C=C2N=C(N)NC2=O)cc1OC. The molecule has 2 rings (SSSR count). The number of aliphatic imine (C=N–C) groups is 1. The number of nitrogens with one attached hydrogen (secondary N) is 1. The largest absolute Gasteiger partial charge is 0.493 e. The van der Waals surface area contributed by atoms with Crippen molar-refractivity contribution in [3.63, 3.8) is 0 Å². The van der Waals surface area contributed by atoms with E-state index < -0.39 is 5.91 Å².